The number of likely N-dealkylation sites (tertiary alicyclic amines) is 1. The van der Waals surface area contributed by atoms with E-state index in [1.807, 2.05) is 0 Å². The number of hydrogen-bond acceptors (Lipinski definition) is 4. The molecular weight excluding hydrogens is 260 g/mol. The van der Waals surface area contributed by atoms with Crippen LogP contribution >= 0.6 is 0 Å². The Bertz CT molecular complexity index is 367. The van der Waals surface area contributed by atoms with Crippen molar-refractivity contribution in [3.05, 3.63) is 0 Å². The van der Waals surface area contributed by atoms with Crippen LogP contribution in [0.5, 0.6) is 0 Å². The van der Waals surface area contributed by atoms with Crippen molar-refractivity contribution in [3.63, 3.8) is 0 Å². The number of hydrogen-bond donors (Lipinski definition) is 1. The summed E-state index contributed by atoms with van der Waals surface area (Å²) in [7, 11) is -2.73. The van der Waals surface area contributed by atoms with Crippen LogP contribution < -0.4 is 5.32 Å². The van der Waals surface area contributed by atoms with Crippen LogP contribution in [-0.2, 0) is 9.84 Å². The van der Waals surface area contributed by atoms with Gasteiger partial charge in [-0.25, -0.2) is 8.42 Å². The first kappa shape index (κ1) is 15.3. The van der Waals surface area contributed by atoms with E-state index in [1.165, 1.54) is 12.8 Å². The largest absolute Gasteiger partial charge is 0.314 e. The van der Waals surface area contributed by atoms with Crippen LogP contribution in [0.1, 0.15) is 39.5 Å². The minimum atomic E-state index is -2.73. The summed E-state index contributed by atoms with van der Waals surface area (Å²) in [5.74, 6) is 1.52. The molecule has 0 spiro atoms. The summed E-state index contributed by atoms with van der Waals surface area (Å²) in [5, 5.41) is 3.53. The molecule has 0 saturated carbocycles. The van der Waals surface area contributed by atoms with Crippen molar-refractivity contribution >= 4 is 9.84 Å². The third kappa shape index (κ3) is 4.72. The molecule has 0 aromatic rings. The minimum Gasteiger partial charge on any atom is -0.314 e. The molecule has 19 heavy (non-hydrogen) atoms. The second kappa shape index (κ2) is 6.55. The summed E-state index contributed by atoms with van der Waals surface area (Å²) in [6, 6.07) is 1.06. The molecule has 4 nitrogen and oxygen atoms in total. The maximum absolute atomic E-state index is 11.5. The molecule has 1 N–H and O–H groups in total. The minimum absolute atomic E-state index is 0.392. The summed E-state index contributed by atoms with van der Waals surface area (Å²) in [4.78, 5) is 2.55. The molecule has 0 amide bonds. The summed E-state index contributed by atoms with van der Waals surface area (Å²) >= 11 is 0. The first-order valence-corrected chi connectivity index (χ1v) is 9.46. The Morgan fingerprint density at radius 2 is 1.89 bits per heavy atom. The van der Waals surface area contributed by atoms with Crippen molar-refractivity contribution in [2.45, 2.75) is 51.6 Å². The van der Waals surface area contributed by atoms with Gasteiger partial charge < -0.3 is 5.32 Å². The van der Waals surface area contributed by atoms with Crippen molar-refractivity contribution in [3.8, 4) is 0 Å². The first-order valence-electron chi connectivity index (χ1n) is 7.64. The van der Waals surface area contributed by atoms with E-state index < -0.39 is 9.84 Å². The van der Waals surface area contributed by atoms with Crippen LogP contribution in [0.25, 0.3) is 0 Å². The molecule has 2 saturated heterocycles. The zero-order valence-corrected chi connectivity index (χ0v) is 13.1. The van der Waals surface area contributed by atoms with Crippen LogP contribution in [0.2, 0.25) is 0 Å². The van der Waals surface area contributed by atoms with Crippen LogP contribution in [0.3, 0.4) is 0 Å². The second-order valence-electron chi connectivity index (χ2n) is 6.45. The number of nitrogens with zero attached hydrogens (tertiary/aromatic N) is 1. The number of rotatable bonds is 4. The molecule has 1 unspecified atom stereocenters. The SMILES string of the molecule is CC(C)NCC1CCCN(C2CCS(=O)(=O)CC2)C1. The van der Waals surface area contributed by atoms with Gasteiger partial charge in [0.2, 0.25) is 0 Å². The van der Waals surface area contributed by atoms with Gasteiger partial charge in [-0.2, -0.15) is 0 Å². The molecule has 0 radical (unpaired) electrons. The monoisotopic (exact) mass is 288 g/mol. The van der Waals surface area contributed by atoms with Gasteiger partial charge in [-0.3, -0.25) is 4.90 Å². The molecule has 1 atom stereocenters. The fourth-order valence-corrected chi connectivity index (χ4v) is 4.71. The quantitative estimate of drug-likeness (QED) is 0.846. The Morgan fingerprint density at radius 1 is 1.21 bits per heavy atom. The number of sulfone groups is 1. The molecule has 2 aliphatic rings. The average molecular weight is 288 g/mol. The smallest absolute Gasteiger partial charge is 0.150 e. The normalized spacial score (nSPS) is 29.7. The third-order valence-electron chi connectivity index (χ3n) is 4.41. The van der Waals surface area contributed by atoms with Crippen molar-refractivity contribution in [1.82, 2.24) is 10.2 Å². The lowest BCUT2D eigenvalue weighted by atomic mass is 9.95. The molecule has 0 aromatic carbocycles. The Hall–Kier alpha value is -0.130. The van der Waals surface area contributed by atoms with Gasteiger partial charge in [0, 0.05) is 18.6 Å². The van der Waals surface area contributed by atoms with E-state index in [1.54, 1.807) is 0 Å². The Balaban J connectivity index is 1.81. The highest BCUT2D eigenvalue weighted by atomic mass is 32.2. The molecule has 5 heteroatoms. The summed E-state index contributed by atoms with van der Waals surface area (Å²) in [6.45, 7) is 7.77. The highest BCUT2D eigenvalue weighted by Crippen LogP contribution is 2.24. The van der Waals surface area contributed by atoms with E-state index in [2.05, 4.69) is 24.1 Å². The van der Waals surface area contributed by atoms with Crippen molar-refractivity contribution in [2.75, 3.05) is 31.1 Å². The zero-order valence-electron chi connectivity index (χ0n) is 12.3. The van der Waals surface area contributed by atoms with Crippen molar-refractivity contribution in [2.24, 2.45) is 5.92 Å². The maximum atomic E-state index is 11.5. The van der Waals surface area contributed by atoms with Crippen LogP contribution in [-0.4, -0.2) is 56.5 Å². The van der Waals surface area contributed by atoms with Crippen LogP contribution in [0.15, 0.2) is 0 Å². The number of nitrogens with one attached hydrogen (secondary N) is 1. The summed E-state index contributed by atoms with van der Waals surface area (Å²) in [6.07, 6.45) is 4.24. The fourth-order valence-electron chi connectivity index (χ4n) is 3.24. The van der Waals surface area contributed by atoms with E-state index in [0.717, 1.165) is 38.4 Å². The molecular formula is C14H28N2O2S. The highest BCUT2D eigenvalue weighted by Gasteiger charge is 2.30. The van der Waals surface area contributed by atoms with E-state index >= 15 is 0 Å². The van der Waals surface area contributed by atoms with Crippen molar-refractivity contribution < 1.29 is 8.42 Å². The average Bonchev–Trinajstić information content (AvgIpc) is 2.37. The molecule has 0 aliphatic carbocycles. The Morgan fingerprint density at radius 3 is 2.53 bits per heavy atom. The topological polar surface area (TPSA) is 49.4 Å². The zero-order chi connectivity index (χ0) is 13.9. The van der Waals surface area contributed by atoms with Crippen LogP contribution in [0, 0.1) is 5.92 Å². The van der Waals surface area contributed by atoms with Gasteiger partial charge in [0.1, 0.15) is 9.84 Å². The molecule has 0 aromatic heterocycles. The predicted octanol–water partition coefficient (Wildman–Crippen LogP) is 1.27. The van der Waals surface area contributed by atoms with E-state index in [4.69, 9.17) is 0 Å². The molecule has 112 valence electrons. The summed E-state index contributed by atoms with van der Waals surface area (Å²) < 4.78 is 23.0. The van der Waals surface area contributed by atoms with Crippen LogP contribution in [0.4, 0.5) is 0 Å². The molecule has 2 rings (SSSR count). The van der Waals surface area contributed by atoms with Gasteiger partial charge >= 0.3 is 0 Å². The first-order chi connectivity index (χ1) is 8.96. The van der Waals surface area contributed by atoms with Gasteiger partial charge in [0.25, 0.3) is 0 Å². The van der Waals surface area contributed by atoms with Gasteiger partial charge in [-0.15, -0.1) is 0 Å². The maximum Gasteiger partial charge on any atom is 0.150 e. The molecule has 2 fully saturated rings. The van der Waals surface area contributed by atoms with Crippen molar-refractivity contribution in [1.29, 1.82) is 0 Å². The summed E-state index contributed by atoms with van der Waals surface area (Å²) in [5.41, 5.74) is 0. The lowest BCUT2D eigenvalue weighted by Crippen LogP contribution is -2.48. The Kier molecular flexibility index (Phi) is 5.26. The van der Waals surface area contributed by atoms with Gasteiger partial charge in [0.15, 0.2) is 0 Å². The molecule has 0 bridgehead atoms. The van der Waals surface area contributed by atoms with E-state index in [-0.39, 0.29) is 0 Å². The van der Waals surface area contributed by atoms with Gasteiger partial charge in [-0.05, 0) is 44.7 Å². The fraction of sp³-hybridized carbons (Fsp3) is 1.00. The third-order valence-corrected chi connectivity index (χ3v) is 6.12. The Labute approximate surface area is 117 Å². The van der Waals surface area contributed by atoms with Gasteiger partial charge in [-0.1, -0.05) is 13.8 Å². The van der Waals surface area contributed by atoms with E-state index in [0.29, 0.717) is 23.6 Å². The number of piperidine rings is 1. The lowest BCUT2D eigenvalue weighted by molar-refractivity contribution is 0.114. The lowest BCUT2D eigenvalue weighted by Gasteiger charge is -2.40. The predicted molar refractivity (Wildman–Crippen MR) is 79.1 cm³/mol. The van der Waals surface area contributed by atoms with Gasteiger partial charge in [0.05, 0.1) is 11.5 Å². The molecule has 2 aliphatic heterocycles. The van der Waals surface area contributed by atoms with E-state index in [9.17, 15) is 8.42 Å². The highest BCUT2D eigenvalue weighted by molar-refractivity contribution is 7.91. The second-order valence-corrected chi connectivity index (χ2v) is 8.75. The molecule has 2 heterocycles. The standard InChI is InChI=1S/C14H28N2O2S/c1-12(2)15-10-13-4-3-7-16(11-13)14-5-8-19(17,18)9-6-14/h12-15H,3-11H2,1-2H3.